The molecule has 0 aliphatic rings. The minimum absolute atomic E-state index is 0.123. The van der Waals surface area contributed by atoms with E-state index in [9.17, 15) is 9.50 Å². The molecule has 1 atom stereocenters. The van der Waals surface area contributed by atoms with Crippen LogP contribution in [0.1, 0.15) is 0 Å². The Balaban J connectivity index is 1.77. The van der Waals surface area contributed by atoms with Crippen molar-refractivity contribution in [3.8, 4) is 5.75 Å². The Morgan fingerprint density at radius 2 is 1.85 bits per heavy atom. The summed E-state index contributed by atoms with van der Waals surface area (Å²) in [4.78, 5) is 0. The first-order valence-electron chi connectivity index (χ1n) is 6.20. The third kappa shape index (κ3) is 4.40. The molecule has 0 saturated carbocycles. The van der Waals surface area contributed by atoms with Gasteiger partial charge in [0.15, 0.2) is 0 Å². The number of aliphatic hydroxyl groups is 1. The SMILES string of the molecule is OC(CNc1ccc(F)cc1)COc1ccccc1Cl. The highest BCUT2D eigenvalue weighted by Gasteiger charge is 2.07. The smallest absolute Gasteiger partial charge is 0.138 e. The van der Waals surface area contributed by atoms with Gasteiger partial charge in [0, 0.05) is 12.2 Å². The molecule has 5 heteroatoms. The lowest BCUT2D eigenvalue weighted by Crippen LogP contribution is -2.26. The molecule has 3 nitrogen and oxygen atoms in total. The predicted octanol–water partition coefficient (Wildman–Crippen LogP) is 3.33. The van der Waals surface area contributed by atoms with Gasteiger partial charge in [-0.25, -0.2) is 4.39 Å². The number of ether oxygens (including phenoxy) is 1. The van der Waals surface area contributed by atoms with Crippen molar-refractivity contribution in [3.63, 3.8) is 0 Å². The summed E-state index contributed by atoms with van der Waals surface area (Å²) in [7, 11) is 0. The van der Waals surface area contributed by atoms with Crippen LogP contribution in [0.5, 0.6) is 5.75 Å². The fraction of sp³-hybridized carbons (Fsp3) is 0.200. The van der Waals surface area contributed by atoms with Crippen molar-refractivity contribution >= 4 is 17.3 Å². The Morgan fingerprint density at radius 3 is 2.55 bits per heavy atom. The van der Waals surface area contributed by atoms with Gasteiger partial charge in [0.05, 0.1) is 5.02 Å². The highest BCUT2D eigenvalue weighted by atomic mass is 35.5. The molecular weight excluding hydrogens is 281 g/mol. The number of nitrogens with one attached hydrogen (secondary N) is 1. The quantitative estimate of drug-likeness (QED) is 0.859. The Kier molecular flexibility index (Phi) is 5.21. The standard InChI is InChI=1S/C15H15ClFNO2/c16-14-3-1-2-4-15(14)20-10-13(19)9-18-12-7-5-11(17)6-8-12/h1-8,13,18-19H,9-10H2. The Labute approximate surface area is 122 Å². The molecule has 0 spiro atoms. The summed E-state index contributed by atoms with van der Waals surface area (Å²) in [5.74, 6) is 0.244. The second-order valence-electron chi connectivity index (χ2n) is 4.28. The van der Waals surface area contributed by atoms with Crippen LogP contribution in [0.15, 0.2) is 48.5 Å². The van der Waals surface area contributed by atoms with E-state index in [0.29, 0.717) is 17.3 Å². The van der Waals surface area contributed by atoms with Crippen LogP contribution in [0.3, 0.4) is 0 Å². The van der Waals surface area contributed by atoms with Gasteiger partial charge in [0.2, 0.25) is 0 Å². The zero-order chi connectivity index (χ0) is 14.4. The first-order valence-corrected chi connectivity index (χ1v) is 6.58. The van der Waals surface area contributed by atoms with Gasteiger partial charge in [0.25, 0.3) is 0 Å². The molecule has 0 radical (unpaired) electrons. The van der Waals surface area contributed by atoms with Gasteiger partial charge in [0.1, 0.15) is 24.3 Å². The fourth-order valence-electron chi connectivity index (χ4n) is 1.61. The highest BCUT2D eigenvalue weighted by molar-refractivity contribution is 6.32. The van der Waals surface area contributed by atoms with Crippen LogP contribution in [-0.4, -0.2) is 24.4 Å². The molecule has 20 heavy (non-hydrogen) atoms. The minimum Gasteiger partial charge on any atom is -0.489 e. The Bertz CT molecular complexity index is 548. The topological polar surface area (TPSA) is 41.5 Å². The molecule has 1 unspecified atom stereocenters. The van der Waals surface area contributed by atoms with E-state index in [1.807, 2.05) is 12.1 Å². The normalized spacial score (nSPS) is 11.9. The number of hydrogen-bond donors (Lipinski definition) is 2. The fourth-order valence-corrected chi connectivity index (χ4v) is 1.80. The third-order valence-corrected chi connectivity index (χ3v) is 2.97. The Hall–Kier alpha value is -1.78. The molecule has 0 amide bonds. The summed E-state index contributed by atoms with van der Waals surface area (Å²) in [5.41, 5.74) is 0.739. The van der Waals surface area contributed by atoms with Gasteiger partial charge < -0.3 is 15.2 Å². The first-order chi connectivity index (χ1) is 9.65. The zero-order valence-corrected chi connectivity index (χ0v) is 11.5. The van der Waals surface area contributed by atoms with E-state index < -0.39 is 6.10 Å². The van der Waals surface area contributed by atoms with Crippen molar-refractivity contribution in [2.24, 2.45) is 0 Å². The summed E-state index contributed by atoms with van der Waals surface area (Å²) >= 11 is 5.94. The lowest BCUT2D eigenvalue weighted by Gasteiger charge is -2.14. The number of benzene rings is 2. The molecular formula is C15H15ClFNO2. The molecule has 0 aliphatic carbocycles. The number of hydrogen-bond acceptors (Lipinski definition) is 3. The van der Waals surface area contributed by atoms with Crippen molar-refractivity contribution in [3.05, 3.63) is 59.4 Å². The van der Waals surface area contributed by atoms with E-state index in [0.717, 1.165) is 5.69 Å². The minimum atomic E-state index is -0.698. The summed E-state index contributed by atoms with van der Waals surface area (Å²) in [6.07, 6.45) is -0.698. The molecule has 2 aromatic rings. The van der Waals surface area contributed by atoms with Gasteiger partial charge >= 0.3 is 0 Å². The molecule has 2 rings (SSSR count). The van der Waals surface area contributed by atoms with Crippen LogP contribution in [0.4, 0.5) is 10.1 Å². The summed E-state index contributed by atoms with van der Waals surface area (Å²) < 4.78 is 18.1. The van der Waals surface area contributed by atoms with Crippen molar-refractivity contribution in [1.82, 2.24) is 0 Å². The van der Waals surface area contributed by atoms with E-state index in [-0.39, 0.29) is 12.4 Å². The largest absolute Gasteiger partial charge is 0.489 e. The van der Waals surface area contributed by atoms with Crippen LogP contribution < -0.4 is 10.1 Å². The third-order valence-electron chi connectivity index (χ3n) is 2.65. The van der Waals surface area contributed by atoms with E-state index >= 15 is 0 Å². The second kappa shape index (κ2) is 7.12. The number of rotatable bonds is 6. The molecule has 0 fully saturated rings. The van der Waals surface area contributed by atoms with Crippen molar-refractivity contribution in [2.45, 2.75) is 6.10 Å². The Morgan fingerprint density at radius 1 is 1.15 bits per heavy atom. The molecule has 0 heterocycles. The maximum atomic E-state index is 12.7. The van der Waals surface area contributed by atoms with E-state index in [1.54, 1.807) is 24.3 Å². The average Bonchev–Trinajstić information content (AvgIpc) is 2.46. The van der Waals surface area contributed by atoms with Crippen LogP contribution in [-0.2, 0) is 0 Å². The average molecular weight is 296 g/mol. The van der Waals surface area contributed by atoms with Gasteiger partial charge in [-0.2, -0.15) is 0 Å². The lowest BCUT2D eigenvalue weighted by atomic mass is 10.3. The maximum absolute atomic E-state index is 12.7. The van der Waals surface area contributed by atoms with Crippen LogP contribution in [0.2, 0.25) is 5.02 Å². The summed E-state index contributed by atoms with van der Waals surface area (Å²) in [6, 6.07) is 13.0. The molecule has 2 aromatic carbocycles. The van der Waals surface area contributed by atoms with Gasteiger partial charge in [-0.05, 0) is 36.4 Å². The molecule has 2 N–H and O–H groups in total. The number of para-hydroxylation sites is 1. The van der Waals surface area contributed by atoms with E-state index in [1.165, 1.54) is 12.1 Å². The molecule has 0 saturated heterocycles. The van der Waals surface area contributed by atoms with Crippen molar-refractivity contribution < 1.29 is 14.2 Å². The second-order valence-corrected chi connectivity index (χ2v) is 4.69. The van der Waals surface area contributed by atoms with Gasteiger partial charge in [-0.1, -0.05) is 23.7 Å². The van der Waals surface area contributed by atoms with Gasteiger partial charge in [-0.3, -0.25) is 0 Å². The molecule has 0 aliphatic heterocycles. The summed E-state index contributed by atoms with van der Waals surface area (Å²) in [6.45, 7) is 0.425. The number of halogens is 2. The maximum Gasteiger partial charge on any atom is 0.138 e. The van der Waals surface area contributed by atoms with Crippen LogP contribution in [0.25, 0.3) is 0 Å². The van der Waals surface area contributed by atoms with Crippen molar-refractivity contribution in [2.75, 3.05) is 18.5 Å². The zero-order valence-electron chi connectivity index (χ0n) is 10.7. The van der Waals surface area contributed by atoms with E-state index in [4.69, 9.17) is 16.3 Å². The van der Waals surface area contributed by atoms with Gasteiger partial charge in [-0.15, -0.1) is 0 Å². The van der Waals surface area contributed by atoms with E-state index in [2.05, 4.69) is 5.32 Å². The lowest BCUT2D eigenvalue weighted by molar-refractivity contribution is 0.117. The number of anilines is 1. The number of aliphatic hydroxyl groups excluding tert-OH is 1. The predicted molar refractivity (Wildman–Crippen MR) is 77.8 cm³/mol. The summed E-state index contributed by atoms with van der Waals surface area (Å²) in [5, 5.41) is 13.3. The van der Waals surface area contributed by atoms with Crippen molar-refractivity contribution in [1.29, 1.82) is 0 Å². The van der Waals surface area contributed by atoms with Crippen LogP contribution >= 0.6 is 11.6 Å². The molecule has 0 aromatic heterocycles. The first kappa shape index (κ1) is 14.6. The highest BCUT2D eigenvalue weighted by Crippen LogP contribution is 2.23. The monoisotopic (exact) mass is 295 g/mol. The van der Waals surface area contributed by atoms with Crippen LogP contribution in [0, 0.1) is 5.82 Å². The molecule has 0 bridgehead atoms. The molecule has 106 valence electrons.